The Morgan fingerprint density at radius 1 is 0.900 bits per heavy atom. The predicted octanol–water partition coefficient (Wildman–Crippen LogP) is 3.68. The number of fused-ring (bicyclic) bond motifs is 1. The Bertz CT molecular complexity index is 812. The van der Waals surface area contributed by atoms with Gasteiger partial charge in [0.2, 0.25) is 5.89 Å². The van der Waals surface area contributed by atoms with E-state index >= 15 is 0 Å². The summed E-state index contributed by atoms with van der Waals surface area (Å²) in [6, 6.07) is 15.8. The Balaban J connectivity index is 1.75. The van der Waals surface area contributed by atoms with Crippen molar-refractivity contribution in [3.63, 3.8) is 0 Å². The van der Waals surface area contributed by atoms with E-state index < -0.39 is 0 Å². The summed E-state index contributed by atoms with van der Waals surface area (Å²) in [5.74, 6) is 0.595. The zero-order valence-electron chi connectivity index (χ0n) is 10.6. The first-order chi connectivity index (χ1) is 9.90. The molecule has 0 saturated carbocycles. The van der Waals surface area contributed by atoms with Crippen LogP contribution in [0.2, 0.25) is 0 Å². The smallest absolute Gasteiger partial charge is 0.228 e. The molecule has 3 heterocycles. The first kappa shape index (κ1) is 11.0. The second kappa shape index (κ2) is 4.35. The van der Waals surface area contributed by atoms with Gasteiger partial charge in [-0.15, -0.1) is 0 Å². The Morgan fingerprint density at radius 3 is 2.45 bits per heavy atom. The second-order valence-electron chi connectivity index (χ2n) is 4.48. The summed E-state index contributed by atoms with van der Waals surface area (Å²) in [5.41, 5.74) is 3.39. The van der Waals surface area contributed by atoms with Gasteiger partial charge in [-0.1, -0.05) is 0 Å². The van der Waals surface area contributed by atoms with Crippen LogP contribution in [0.3, 0.4) is 0 Å². The van der Waals surface area contributed by atoms with E-state index in [4.69, 9.17) is 4.42 Å². The maximum absolute atomic E-state index is 5.70. The highest BCUT2D eigenvalue weighted by Gasteiger charge is 2.08. The summed E-state index contributed by atoms with van der Waals surface area (Å²) in [6.45, 7) is 0. The van der Waals surface area contributed by atoms with Crippen LogP contribution in [-0.4, -0.2) is 14.5 Å². The molecule has 0 saturated heterocycles. The molecule has 0 radical (unpaired) electrons. The summed E-state index contributed by atoms with van der Waals surface area (Å²) >= 11 is 0. The van der Waals surface area contributed by atoms with Crippen LogP contribution in [0.1, 0.15) is 0 Å². The van der Waals surface area contributed by atoms with E-state index in [2.05, 4.69) is 14.5 Å². The molecule has 4 aromatic rings. The second-order valence-corrected chi connectivity index (χ2v) is 4.48. The largest absolute Gasteiger partial charge is 0.434 e. The molecule has 0 amide bonds. The lowest BCUT2D eigenvalue weighted by Crippen LogP contribution is -1.88. The summed E-state index contributed by atoms with van der Waals surface area (Å²) in [4.78, 5) is 8.57. The van der Waals surface area contributed by atoms with E-state index in [1.165, 1.54) is 0 Å². The van der Waals surface area contributed by atoms with E-state index in [1.54, 1.807) is 6.20 Å². The molecule has 3 aromatic heterocycles. The molecule has 0 unspecified atom stereocenters. The lowest BCUT2D eigenvalue weighted by Gasteiger charge is -2.02. The summed E-state index contributed by atoms with van der Waals surface area (Å²) < 4.78 is 7.76. The van der Waals surface area contributed by atoms with Crippen LogP contribution in [0.5, 0.6) is 0 Å². The van der Waals surface area contributed by atoms with E-state index in [0.717, 1.165) is 11.3 Å². The van der Waals surface area contributed by atoms with Crippen LogP contribution in [0.4, 0.5) is 0 Å². The van der Waals surface area contributed by atoms with Gasteiger partial charge in [-0.2, -0.15) is 4.98 Å². The highest BCUT2D eigenvalue weighted by molar-refractivity contribution is 5.72. The zero-order valence-corrected chi connectivity index (χ0v) is 10.6. The van der Waals surface area contributed by atoms with Gasteiger partial charge in [0.25, 0.3) is 0 Å². The van der Waals surface area contributed by atoms with Crippen molar-refractivity contribution in [2.75, 3.05) is 0 Å². The van der Waals surface area contributed by atoms with Gasteiger partial charge in [-0.25, -0.2) is 4.98 Å². The number of aromatic nitrogens is 3. The quantitative estimate of drug-likeness (QED) is 0.553. The minimum atomic E-state index is 0.595. The van der Waals surface area contributed by atoms with Gasteiger partial charge < -0.3 is 8.98 Å². The third kappa shape index (κ3) is 1.78. The summed E-state index contributed by atoms with van der Waals surface area (Å²) in [7, 11) is 0. The van der Waals surface area contributed by atoms with E-state index in [1.807, 2.05) is 60.9 Å². The average molecular weight is 261 g/mol. The molecule has 96 valence electrons. The van der Waals surface area contributed by atoms with Crippen LogP contribution in [-0.2, 0) is 0 Å². The molecule has 0 atom stereocenters. The number of benzene rings is 1. The highest BCUT2D eigenvalue weighted by Crippen LogP contribution is 2.23. The third-order valence-corrected chi connectivity index (χ3v) is 3.18. The van der Waals surface area contributed by atoms with Crippen molar-refractivity contribution in [3.8, 4) is 17.1 Å². The van der Waals surface area contributed by atoms with Gasteiger partial charge in [-0.05, 0) is 48.5 Å². The van der Waals surface area contributed by atoms with Gasteiger partial charge in [0.05, 0.1) is 0 Å². The summed E-state index contributed by atoms with van der Waals surface area (Å²) in [6.07, 6.45) is 5.74. The van der Waals surface area contributed by atoms with E-state index in [0.29, 0.717) is 17.1 Å². The Labute approximate surface area is 115 Å². The number of hydrogen-bond donors (Lipinski definition) is 0. The molecule has 4 rings (SSSR count). The van der Waals surface area contributed by atoms with Crippen molar-refractivity contribution in [1.82, 2.24) is 14.5 Å². The maximum atomic E-state index is 5.70. The monoisotopic (exact) mass is 261 g/mol. The van der Waals surface area contributed by atoms with E-state index in [-0.39, 0.29) is 0 Å². The van der Waals surface area contributed by atoms with Gasteiger partial charge in [-0.3, -0.25) is 0 Å². The maximum Gasteiger partial charge on any atom is 0.228 e. The highest BCUT2D eigenvalue weighted by atomic mass is 16.3. The standard InChI is InChI=1S/C16H11N3O/c1-2-11-19(10-1)13-7-5-12(6-8-13)16-18-15-14(20-16)4-3-9-17-15/h1-11H. The molecule has 0 fully saturated rings. The topological polar surface area (TPSA) is 43.9 Å². The van der Waals surface area contributed by atoms with Crippen LogP contribution < -0.4 is 0 Å². The fourth-order valence-electron chi connectivity index (χ4n) is 2.18. The fourth-order valence-corrected chi connectivity index (χ4v) is 2.18. The first-order valence-electron chi connectivity index (χ1n) is 6.35. The normalized spacial score (nSPS) is 11.0. The molecular weight excluding hydrogens is 250 g/mol. The SMILES string of the molecule is c1cnc2nc(-c3ccc(-n4cccc4)cc3)oc2c1. The van der Waals surface area contributed by atoms with Crippen molar-refractivity contribution in [2.24, 2.45) is 0 Å². The Hall–Kier alpha value is -2.88. The van der Waals surface area contributed by atoms with Gasteiger partial charge in [0.15, 0.2) is 11.2 Å². The zero-order chi connectivity index (χ0) is 13.4. The minimum Gasteiger partial charge on any atom is -0.434 e. The van der Waals surface area contributed by atoms with Crippen LogP contribution in [0.25, 0.3) is 28.4 Å². The number of nitrogens with zero attached hydrogens (tertiary/aromatic N) is 3. The lowest BCUT2D eigenvalue weighted by atomic mass is 10.2. The van der Waals surface area contributed by atoms with E-state index in [9.17, 15) is 0 Å². The third-order valence-electron chi connectivity index (χ3n) is 3.18. The molecule has 4 heteroatoms. The molecule has 0 aliphatic heterocycles. The molecule has 1 aromatic carbocycles. The molecule has 20 heavy (non-hydrogen) atoms. The molecule has 0 aliphatic rings. The number of pyridine rings is 1. The van der Waals surface area contributed by atoms with Crippen molar-refractivity contribution < 1.29 is 4.42 Å². The van der Waals surface area contributed by atoms with Crippen molar-refractivity contribution in [3.05, 3.63) is 67.1 Å². The molecular formula is C16H11N3O. The van der Waals surface area contributed by atoms with Crippen molar-refractivity contribution >= 4 is 11.2 Å². The predicted molar refractivity (Wildman–Crippen MR) is 76.6 cm³/mol. The Kier molecular flexibility index (Phi) is 2.39. The average Bonchev–Trinajstić information content (AvgIpc) is 3.17. The molecule has 0 N–H and O–H groups in total. The molecule has 0 aliphatic carbocycles. The molecule has 0 bridgehead atoms. The van der Waals surface area contributed by atoms with Gasteiger partial charge in [0.1, 0.15) is 0 Å². The van der Waals surface area contributed by atoms with Gasteiger partial charge >= 0.3 is 0 Å². The minimum absolute atomic E-state index is 0.595. The number of oxazole rings is 1. The Morgan fingerprint density at radius 2 is 1.70 bits per heavy atom. The first-order valence-corrected chi connectivity index (χ1v) is 6.35. The van der Waals surface area contributed by atoms with Crippen LogP contribution >= 0.6 is 0 Å². The van der Waals surface area contributed by atoms with Crippen LogP contribution in [0.15, 0.2) is 71.5 Å². The number of rotatable bonds is 2. The van der Waals surface area contributed by atoms with Crippen molar-refractivity contribution in [2.45, 2.75) is 0 Å². The number of hydrogen-bond acceptors (Lipinski definition) is 3. The fraction of sp³-hybridized carbons (Fsp3) is 0. The molecule has 4 nitrogen and oxygen atoms in total. The summed E-state index contributed by atoms with van der Waals surface area (Å²) in [5, 5.41) is 0. The van der Waals surface area contributed by atoms with Crippen LogP contribution in [0, 0.1) is 0 Å². The lowest BCUT2D eigenvalue weighted by molar-refractivity contribution is 0.619. The van der Waals surface area contributed by atoms with Gasteiger partial charge in [0, 0.05) is 29.8 Å². The molecule has 0 spiro atoms. The van der Waals surface area contributed by atoms with Crippen molar-refractivity contribution in [1.29, 1.82) is 0 Å².